The number of likely N-dealkylation sites (tertiary alicyclic amines) is 1. The van der Waals surface area contributed by atoms with Gasteiger partial charge in [0.25, 0.3) is 0 Å². The maximum absolute atomic E-state index is 3.55. The van der Waals surface area contributed by atoms with Gasteiger partial charge < -0.3 is 10.2 Å². The summed E-state index contributed by atoms with van der Waals surface area (Å²) in [6.45, 7) is 5.70. The van der Waals surface area contributed by atoms with Crippen LogP contribution in [-0.4, -0.2) is 30.7 Å². The summed E-state index contributed by atoms with van der Waals surface area (Å²) in [6, 6.07) is 17.0. The first-order valence-corrected chi connectivity index (χ1v) is 10.2. The maximum atomic E-state index is 3.55. The van der Waals surface area contributed by atoms with Crippen molar-refractivity contribution in [1.82, 2.24) is 4.90 Å². The van der Waals surface area contributed by atoms with E-state index in [1.54, 1.807) is 11.1 Å². The quantitative estimate of drug-likeness (QED) is 0.847. The highest BCUT2D eigenvalue weighted by Gasteiger charge is 2.33. The highest BCUT2D eigenvalue weighted by molar-refractivity contribution is 5.74. The van der Waals surface area contributed by atoms with Gasteiger partial charge in [-0.2, -0.15) is 0 Å². The predicted octanol–water partition coefficient (Wildman–Crippen LogP) is 4.73. The SMILES string of the molecule is Cc1cccc2c1CCC[C@H]2N1CCC(N2CNc3ccccc32)CC1. The summed E-state index contributed by atoms with van der Waals surface area (Å²) in [5.74, 6) is 0. The molecule has 1 fully saturated rings. The van der Waals surface area contributed by atoms with Crippen molar-refractivity contribution >= 4 is 11.4 Å². The van der Waals surface area contributed by atoms with E-state index in [-0.39, 0.29) is 0 Å². The molecule has 0 radical (unpaired) electrons. The van der Waals surface area contributed by atoms with E-state index in [4.69, 9.17) is 0 Å². The highest BCUT2D eigenvalue weighted by Crippen LogP contribution is 2.39. The number of hydrogen-bond acceptors (Lipinski definition) is 3. The van der Waals surface area contributed by atoms with Crippen LogP contribution in [0.15, 0.2) is 42.5 Å². The van der Waals surface area contributed by atoms with E-state index in [1.165, 1.54) is 62.1 Å². The van der Waals surface area contributed by atoms with Crippen molar-refractivity contribution in [2.24, 2.45) is 0 Å². The van der Waals surface area contributed by atoms with Crippen molar-refractivity contribution in [2.45, 2.75) is 51.1 Å². The average Bonchev–Trinajstić information content (AvgIpc) is 3.12. The second-order valence-electron chi connectivity index (χ2n) is 8.14. The van der Waals surface area contributed by atoms with Crippen LogP contribution in [0.4, 0.5) is 11.4 Å². The second-order valence-corrected chi connectivity index (χ2v) is 8.14. The van der Waals surface area contributed by atoms with Crippen molar-refractivity contribution in [2.75, 3.05) is 30.0 Å². The van der Waals surface area contributed by atoms with E-state index in [9.17, 15) is 0 Å². The monoisotopic (exact) mass is 347 g/mol. The molecule has 0 bridgehead atoms. The Hall–Kier alpha value is -2.00. The number of nitrogens with one attached hydrogen (secondary N) is 1. The van der Waals surface area contributed by atoms with Crippen molar-refractivity contribution in [3.05, 3.63) is 59.2 Å². The fourth-order valence-corrected chi connectivity index (χ4v) is 5.35. The maximum Gasteiger partial charge on any atom is 0.0880 e. The Kier molecular flexibility index (Phi) is 4.12. The minimum Gasteiger partial charge on any atom is -0.366 e. The summed E-state index contributed by atoms with van der Waals surface area (Å²) in [6.07, 6.45) is 6.48. The van der Waals surface area contributed by atoms with Gasteiger partial charge in [-0.15, -0.1) is 0 Å². The molecule has 3 aliphatic rings. The molecule has 3 heteroatoms. The van der Waals surface area contributed by atoms with E-state index in [0.717, 1.165) is 6.67 Å². The third-order valence-corrected chi connectivity index (χ3v) is 6.74. The van der Waals surface area contributed by atoms with Crippen LogP contribution in [-0.2, 0) is 6.42 Å². The van der Waals surface area contributed by atoms with E-state index in [2.05, 4.69) is 64.5 Å². The number of hydrogen-bond donors (Lipinski definition) is 1. The van der Waals surface area contributed by atoms with Gasteiger partial charge in [0.2, 0.25) is 0 Å². The molecule has 1 atom stereocenters. The van der Waals surface area contributed by atoms with Crippen molar-refractivity contribution < 1.29 is 0 Å². The van der Waals surface area contributed by atoms with Crippen LogP contribution in [0.2, 0.25) is 0 Å². The first-order valence-electron chi connectivity index (χ1n) is 10.2. The van der Waals surface area contributed by atoms with Crippen LogP contribution in [0.1, 0.15) is 48.4 Å². The third-order valence-electron chi connectivity index (χ3n) is 6.74. The summed E-state index contributed by atoms with van der Waals surface area (Å²) >= 11 is 0. The lowest BCUT2D eigenvalue weighted by Gasteiger charge is -2.43. The van der Waals surface area contributed by atoms with E-state index >= 15 is 0 Å². The Morgan fingerprint density at radius 2 is 1.81 bits per heavy atom. The molecule has 3 nitrogen and oxygen atoms in total. The number of rotatable bonds is 2. The van der Waals surface area contributed by atoms with Gasteiger partial charge in [-0.25, -0.2) is 0 Å². The Labute approximate surface area is 157 Å². The normalized spacial score (nSPS) is 23.4. The Bertz CT molecular complexity index is 792. The van der Waals surface area contributed by atoms with Crippen LogP contribution in [0.25, 0.3) is 0 Å². The van der Waals surface area contributed by atoms with Crippen molar-refractivity contribution in [3.63, 3.8) is 0 Å². The molecule has 1 N–H and O–H groups in total. The molecule has 1 saturated heterocycles. The first-order chi connectivity index (χ1) is 12.8. The van der Waals surface area contributed by atoms with Gasteiger partial charge in [0.1, 0.15) is 0 Å². The molecule has 136 valence electrons. The molecule has 2 aliphatic heterocycles. The van der Waals surface area contributed by atoms with Crippen LogP contribution in [0.5, 0.6) is 0 Å². The zero-order valence-electron chi connectivity index (χ0n) is 15.7. The summed E-state index contributed by atoms with van der Waals surface area (Å²) in [7, 11) is 0. The molecule has 0 unspecified atom stereocenters. The molecule has 0 saturated carbocycles. The van der Waals surface area contributed by atoms with Crippen LogP contribution in [0.3, 0.4) is 0 Å². The molecule has 26 heavy (non-hydrogen) atoms. The van der Waals surface area contributed by atoms with E-state index < -0.39 is 0 Å². The van der Waals surface area contributed by atoms with Crippen molar-refractivity contribution in [1.29, 1.82) is 0 Å². The first kappa shape index (κ1) is 16.2. The smallest absolute Gasteiger partial charge is 0.0880 e. The number of aryl methyl sites for hydroxylation is 1. The summed E-state index contributed by atoms with van der Waals surface area (Å²) in [5.41, 5.74) is 7.42. The van der Waals surface area contributed by atoms with Gasteiger partial charge in [0.15, 0.2) is 0 Å². The van der Waals surface area contributed by atoms with Gasteiger partial charge in [-0.05, 0) is 67.9 Å². The molecule has 2 heterocycles. The zero-order chi connectivity index (χ0) is 17.5. The summed E-state index contributed by atoms with van der Waals surface area (Å²) < 4.78 is 0. The number of piperidine rings is 1. The van der Waals surface area contributed by atoms with Gasteiger partial charge in [0.05, 0.1) is 18.0 Å². The molecular formula is C23H29N3. The van der Waals surface area contributed by atoms with Crippen LogP contribution >= 0.6 is 0 Å². The lowest BCUT2D eigenvalue weighted by Crippen LogP contribution is -2.46. The predicted molar refractivity (Wildman–Crippen MR) is 109 cm³/mol. The number of benzene rings is 2. The van der Waals surface area contributed by atoms with E-state index in [0.29, 0.717) is 12.1 Å². The molecule has 0 aromatic heterocycles. The molecule has 0 amide bonds. The van der Waals surface area contributed by atoms with E-state index in [1.807, 2.05) is 0 Å². The van der Waals surface area contributed by atoms with Crippen LogP contribution in [0, 0.1) is 6.92 Å². The number of anilines is 2. The minimum absolute atomic E-state index is 0.642. The molecule has 2 aromatic rings. The number of para-hydroxylation sites is 2. The molecule has 0 spiro atoms. The van der Waals surface area contributed by atoms with Gasteiger partial charge in [0, 0.05) is 25.2 Å². The Morgan fingerprint density at radius 3 is 2.69 bits per heavy atom. The number of nitrogens with zero attached hydrogens (tertiary/aromatic N) is 2. The lowest BCUT2D eigenvalue weighted by molar-refractivity contribution is 0.137. The molecule has 2 aromatic carbocycles. The molecule has 5 rings (SSSR count). The largest absolute Gasteiger partial charge is 0.366 e. The fourth-order valence-electron chi connectivity index (χ4n) is 5.35. The van der Waals surface area contributed by atoms with Gasteiger partial charge in [-0.1, -0.05) is 30.3 Å². The number of fused-ring (bicyclic) bond motifs is 2. The molecular weight excluding hydrogens is 318 g/mol. The van der Waals surface area contributed by atoms with Crippen molar-refractivity contribution in [3.8, 4) is 0 Å². The average molecular weight is 348 g/mol. The van der Waals surface area contributed by atoms with Gasteiger partial charge >= 0.3 is 0 Å². The molecule has 1 aliphatic carbocycles. The summed E-state index contributed by atoms with van der Waals surface area (Å²) in [4.78, 5) is 5.36. The van der Waals surface area contributed by atoms with Gasteiger partial charge in [-0.3, -0.25) is 4.90 Å². The fraction of sp³-hybridized carbons (Fsp3) is 0.478. The lowest BCUT2D eigenvalue weighted by atomic mass is 9.83. The minimum atomic E-state index is 0.642. The second kappa shape index (κ2) is 6.62. The van der Waals surface area contributed by atoms with Crippen LogP contribution < -0.4 is 10.2 Å². The zero-order valence-corrected chi connectivity index (χ0v) is 15.7. The topological polar surface area (TPSA) is 18.5 Å². The Balaban J connectivity index is 1.30. The summed E-state index contributed by atoms with van der Waals surface area (Å²) in [5, 5.41) is 3.55. The Morgan fingerprint density at radius 1 is 0.962 bits per heavy atom. The third kappa shape index (κ3) is 2.69. The standard InChI is InChI=1S/C23H29N3/c1-17-6-4-8-20-19(17)7-5-11-22(20)25-14-12-18(13-15-25)26-16-24-21-9-2-3-10-23(21)26/h2-4,6,8-10,18,22,24H,5,7,11-16H2,1H3/t22-/m1/s1. The highest BCUT2D eigenvalue weighted by atomic mass is 15.3.